The molecule has 0 spiro atoms. The molecule has 0 saturated heterocycles. The lowest BCUT2D eigenvalue weighted by molar-refractivity contribution is -0.126. The number of nitrogens with one attached hydrogen (secondary N) is 2. The van der Waals surface area contributed by atoms with E-state index in [0.29, 0.717) is 0 Å². The summed E-state index contributed by atoms with van der Waals surface area (Å²) in [5, 5.41) is 6.84. The fourth-order valence-corrected chi connectivity index (χ4v) is 2.46. The van der Waals surface area contributed by atoms with Crippen LogP contribution < -0.4 is 10.7 Å². The van der Waals surface area contributed by atoms with Crippen LogP contribution in [0.1, 0.15) is 50.5 Å². The first kappa shape index (κ1) is 16.1. The van der Waals surface area contributed by atoms with Gasteiger partial charge in [-0.25, -0.2) is 5.43 Å². The Kier molecular flexibility index (Phi) is 6.54. The zero-order valence-electron chi connectivity index (χ0n) is 12.6. The van der Waals surface area contributed by atoms with E-state index in [4.69, 9.17) is 0 Å². The maximum atomic E-state index is 11.8. The first-order chi connectivity index (χ1) is 10.7. The maximum Gasteiger partial charge on any atom is 0.240 e. The summed E-state index contributed by atoms with van der Waals surface area (Å²) in [6.07, 6.45) is 10.9. The van der Waals surface area contributed by atoms with Crippen LogP contribution in [0.3, 0.4) is 0 Å². The molecule has 0 bridgehead atoms. The van der Waals surface area contributed by atoms with Crippen LogP contribution >= 0.6 is 0 Å². The molecular formula is C16H22N4O2. The van der Waals surface area contributed by atoms with Crippen LogP contribution in [-0.2, 0) is 9.59 Å². The van der Waals surface area contributed by atoms with E-state index < -0.39 is 0 Å². The van der Waals surface area contributed by atoms with Gasteiger partial charge in [0, 0.05) is 31.3 Å². The van der Waals surface area contributed by atoms with Gasteiger partial charge in [-0.15, -0.1) is 0 Å². The number of pyridine rings is 1. The molecule has 1 aromatic rings. The summed E-state index contributed by atoms with van der Waals surface area (Å²) in [5.74, 6) is -0.315. The minimum atomic E-state index is -0.260. The third-order valence-corrected chi connectivity index (χ3v) is 3.66. The van der Waals surface area contributed by atoms with E-state index in [-0.39, 0.29) is 30.7 Å². The zero-order valence-corrected chi connectivity index (χ0v) is 12.6. The van der Waals surface area contributed by atoms with Crippen molar-refractivity contribution in [3.8, 4) is 0 Å². The van der Waals surface area contributed by atoms with Crippen molar-refractivity contribution < 1.29 is 9.59 Å². The lowest BCUT2D eigenvalue weighted by atomic mass is 9.95. The Hall–Kier alpha value is -2.24. The molecule has 0 unspecified atom stereocenters. The number of hydrazone groups is 1. The lowest BCUT2D eigenvalue weighted by Crippen LogP contribution is -2.36. The molecule has 22 heavy (non-hydrogen) atoms. The van der Waals surface area contributed by atoms with Crippen LogP contribution in [0.2, 0.25) is 0 Å². The van der Waals surface area contributed by atoms with Gasteiger partial charge in [0.05, 0.1) is 6.21 Å². The molecule has 1 saturated carbocycles. The van der Waals surface area contributed by atoms with Gasteiger partial charge in [-0.2, -0.15) is 5.10 Å². The normalized spacial score (nSPS) is 15.6. The first-order valence-corrected chi connectivity index (χ1v) is 7.75. The Morgan fingerprint density at radius 2 is 1.82 bits per heavy atom. The number of carbonyl (C=O) groups excluding carboxylic acids is 2. The van der Waals surface area contributed by atoms with E-state index in [0.717, 1.165) is 18.4 Å². The quantitative estimate of drug-likeness (QED) is 0.620. The van der Waals surface area contributed by atoms with Crippen LogP contribution in [0.25, 0.3) is 0 Å². The molecule has 0 aliphatic heterocycles. The monoisotopic (exact) mass is 302 g/mol. The summed E-state index contributed by atoms with van der Waals surface area (Å²) in [5.41, 5.74) is 3.27. The largest absolute Gasteiger partial charge is 0.353 e. The number of carbonyl (C=O) groups is 2. The Morgan fingerprint density at radius 1 is 1.14 bits per heavy atom. The van der Waals surface area contributed by atoms with E-state index in [1.165, 1.54) is 19.3 Å². The average Bonchev–Trinajstić information content (AvgIpc) is 2.55. The SMILES string of the molecule is O=C(CCC(=O)NC1CCCCC1)N/N=C/c1ccncc1. The van der Waals surface area contributed by atoms with Gasteiger partial charge >= 0.3 is 0 Å². The van der Waals surface area contributed by atoms with Crippen LogP contribution in [0.15, 0.2) is 29.6 Å². The number of rotatable bonds is 6. The van der Waals surface area contributed by atoms with Crippen molar-refractivity contribution in [1.29, 1.82) is 0 Å². The van der Waals surface area contributed by atoms with E-state index in [1.54, 1.807) is 30.7 Å². The van der Waals surface area contributed by atoms with Crippen molar-refractivity contribution in [3.05, 3.63) is 30.1 Å². The predicted molar refractivity (Wildman–Crippen MR) is 84.2 cm³/mol. The van der Waals surface area contributed by atoms with E-state index in [9.17, 15) is 9.59 Å². The minimum Gasteiger partial charge on any atom is -0.353 e. The van der Waals surface area contributed by atoms with Crippen molar-refractivity contribution in [2.75, 3.05) is 0 Å². The van der Waals surface area contributed by atoms with Gasteiger partial charge in [0.2, 0.25) is 11.8 Å². The van der Waals surface area contributed by atoms with Gasteiger partial charge in [-0.1, -0.05) is 19.3 Å². The van der Waals surface area contributed by atoms with Crippen molar-refractivity contribution in [2.45, 2.75) is 51.0 Å². The zero-order chi connectivity index (χ0) is 15.6. The van der Waals surface area contributed by atoms with Gasteiger partial charge in [-0.05, 0) is 30.5 Å². The van der Waals surface area contributed by atoms with Crippen molar-refractivity contribution in [3.63, 3.8) is 0 Å². The Balaban J connectivity index is 1.62. The fraction of sp³-hybridized carbons (Fsp3) is 0.500. The molecule has 6 nitrogen and oxygen atoms in total. The molecule has 2 N–H and O–H groups in total. The summed E-state index contributed by atoms with van der Waals surface area (Å²) < 4.78 is 0. The number of nitrogens with zero attached hydrogens (tertiary/aromatic N) is 2. The third-order valence-electron chi connectivity index (χ3n) is 3.66. The minimum absolute atomic E-state index is 0.0554. The standard InChI is InChI=1S/C16H22N4O2/c21-15(19-14-4-2-1-3-5-14)6-7-16(22)20-18-12-13-8-10-17-11-9-13/h8-12,14H,1-7H2,(H,19,21)(H,20,22)/b18-12+. The second kappa shape index (κ2) is 8.92. The molecule has 1 aliphatic carbocycles. The number of hydrogen-bond acceptors (Lipinski definition) is 4. The summed E-state index contributed by atoms with van der Waals surface area (Å²) >= 11 is 0. The highest BCUT2D eigenvalue weighted by atomic mass is 16.2. The van der Waals surface area contributed by atoms with Crippen LogP contribution in [0.5, 0.6) is 0 Å². The predicted octanol–water partition coefficient (Wildman–Crippen LogP) is 1.76. The molecule has 118 valence electrons. The van der Waals surface area contributed by atoms with Gasteiger partial charge < -0.3 is 5.32 Å². The average molecular weight is 302 g/mol. The summed E-state index contributed by atoms with van der Waals surface area (Å²) in [6, 6.07) is 3.86. The summed E-state index contributed by atoms with van der Waals surface area (Å²) in [4.78, 5) is 27.3. The van der Waals surface area contributed by atoms with Crippen molar-refractivity contribution in [1.82, 2.24) is 15.7 Å². The molecule has 1 heterocycles. The summed E-state index contributed by atoms with van der Waals surface area (Å²) in [7, 11) is 0. The number of aromatic nitrogens is 1. The maximum absolute atomic E-state index is 11.8. The lowest BCUT2D eigenvalue weighted by Gasteiger charge is -2.22. The molecular weight excluding hydrogens is 280 g/mol. The van der Waals surface area contributed by atoms with Gasteiger partial charge in [0.25, 0.3) is 0 Å². The van der Waals surface area contributed by atoms with Gasteiger partial charge in [0.1, 0.15) is 0 Å². The highest BCUT2D eigenvalue weighted by Crippen LogP contribution is 2.17. The van der Waals surface area contributed by atoms with Crippen LogP contribution in [0.4, 0.5) is 0 Å². The van der Waals surface area contributed by atoms with Crippen LogP contribution in [0, 0.1) is 0 Å². The molecule has 6 heteroatoms. The second-order valence-electron chi connectivity index (χ2n) is 5.48. The Labute approximate surface area is 130 Å². The van der Waals surface area contributed by atoms with Crippen molar-refractivity contribution >= 4 is 18.0 Å². The Morgan fingerprint density at radius 3 is 2.55 bits per heavy atom. The highest BCUT2D eigenvalue weighted by molar-refractivity contribution is 5.85. The number of amides is 2. The molecule has 0 atom stereocenters. The Bertz CT molecular complexity index is 510. The molecule has 2 amide bonds. The van der Waals surface area contributed by atoms with E-state index >= 15 is 0 Å². The topological polar surface area (TPSA) is 83.5 Å². The highest BCUT2D eigenvalue weighted by Gasteiger charge is 2.15. The molecule has 1 fully saturated rings. The van der Waals surface area contributed by atoms with Crippen molar-refractivity contribution in [2.24, 2.45) is 5.10 Å². The van der Waals surface area contributed by atoms with E-state index in [2.05, 4.69) is 20.8 Å². The van der Waals surface area contributed by atoms with Crippen LogP contribution in [-0.4, -0.2) is 29.1 Å². The molecule has 2 rings (SSSR count). The first-order valence-electron chi connectivity index (χ1n) is 7.75. The molecule has 0 aromatic carbocycles. The molecule has 1 aromatic heterocycles. The summed E-state index contributed by atoms with van der Waals surface area (Å²) in [6.45, 7) is 0. The number of hydrogen-bond donors (Lipinski definition) is 2. The smallest absolute Gasteiger partial charge is 0.240 e. The molecule has 1 aliphatic rings. The second-order valence-corrected chi connectivity index (χ2v) is 5.48. The van der Waals surface area contributed by atoms with E-state index in [1.807, 2.05) is 0 Å². The van der Waals surface area contributed by atoms with Gasteiger partial charge in [0.15, 0.2) is 0 Å². The third kappa shape index (κ3) is 6.03. The van der Waals surface area contributed by atoms with Gasteiger partial charge in [-0.3, -0.25) is 14.6 Å². The molecule has 0 radical (unpaired) electrons. The fourth-order valence-electron chi connectivity index (χ4n) is 2.46.